The molecule has 1 amide bonds. The molecule has 4 nitrogen and oxygen atoms in total. The summed E-state index contributed by atoms with van der Waals surface area (Å²) in [5.41, 5.74) is 4.95. The molecule has 2 aliphatic rings. The number of rotatable bonds is 5. The second-order valence-electron chi connectivity index (χ2n) is 8.03. The lowest BCUT2D eigenvalue weighted by Crippen LogP contribution is -2.51. The lowest BCUT2D eigenvalue weighted by atomic mass is 9.96. The molecular formula is C23H24FN3OS. The Morgan fingerprint density at radius 2 is 2.03 bits per heavy atom. The van der Waals surface area contributed by atoms with Crippen molar-refractivity contribution in [2.45, 2.75) is 31.7 Å². The fraction of sp³-hybridized carbons (Fsp3) is 0.391. The molecule has 0 aliphatic carbocycles. The van der Waals surface area contributed by atoms with E-state index in [0.717, 1.165) is 37.7 Å². The fourth-order valence-corrected chi connectivity index (χ4v) is 5.69. The van der Waals surface area contributed by atoms with Crippen LogP contribution in [0, 0.1) is 11.7 Å². The SMILES string of the molecule is O=C1[C@H](CCCc2cccc3ncsc23)C[C@@H]2CN(c3ccccc3F)CCN12. The highest BCUT2D eigenvalue weighted by Crippen LogP contribution is 2.33. The number of carbonyl (C=O) groups excluding carboxylic acids is 1. The summed E-state index contributed by atoms with van der Waals surface area (Å²) in [6.07, 6.45) is 3.79. The number of nitrogens with zero attached hydrogens (tertiary/aromatic N) is 3. The first kappa shape index (κ1) is 18.6. The molecule has 0 saturated carbocycles. The summed E-state index contributed by atoms with van der Waals surface area (Å²) in [5.74, 6) is 0.208. The average Bonchev–Trinajstić information content (AvgIpc) is 3.33. The molecule has 5 rings (SSSR count). The van der Waals surface area contributed by atoms with Gasteiger partial charge in [-0.25, -0.2) is 9.37 Å². The average molecular weight is 410 g/mol. The van der Waals surface area contributed by atoms with E-state index in [2.05, 4.69) is 28.1 Å². The Bertz CT molecular complexity index is 1040. The van der Waals surface area contributed by atoms with Crippen molar-refractivity contribution in [3.05, 3.63) is 59.4 Å². The number of piperazine rings is 1. The third-order valence-corrected chi connectivity index (χ3v) is 7.22. The van der Waals surface area contributed by atoms with Gasteiger partial charge in [-0.1, -0.05) is 24.3 Å². The lowest BCUT2D eigenvalue weighted by Gasteiger charge is -2.38. The van der Waals surface area contributed by atoms with Crippen LogP contribution >= 0.6 is 11.3 Å². The largest absolute Gasteiger partial charge is 0.365 e. The number of anilines is 1. The van der Waals surface area contributed by atoms with Crippen molar-refractivity contribution in [3.8, 4) is 0 Å². The van der Waals surface area contributed by atoms with Crippen LogP contribution < -0.4 is 4.90 Å². The zero-order chi connectivity index (χ0) is 19.8. The van der Waals surface area contributed by atoms with Crippen molar-refractivity contribution in [1.82, 2.24) is 9.88 Å². The van der Waals surface area contributed by atoms with Crippen molar-refractivity contribution in [2.75, 3.05) is 24.5 Å². The summed E-state index contributed by atoms with van der Waals surface area (Å²) in [6.45, 7) is 2.11. The molecule has 2 aliphatic heterocycles. The molecule has 2 fully saturated rings. The van der Waals surface area contributed by atoms with Crippen LogP contribution in [0.25, 0.3) is 10.2 Å². The number of aryl methyl sites for hydroxylation is 1. The molecular weight excluding hydrogens is 385 g/mol. The molecule has 150 valence electrons. The quantitative estimate of drug-likeness (QED) is 0.623. The van der Waals surface area contributed by atoms with Crippen LogP contribution in [0.2, 0.25) is 0 Å². The van der Waals surface area contributed by atoms with Gasteiger partial charge in [0, 0.05) is 25.6 Å². The lowest BCUT2D eigenvalue weighted by molar-refractivity contribution is -0.132. The highest BCUT2D eigenvalue weighted by molar-refractivity contribution is 7.16. The molecule has 1 aromatic heterocycles. The number of amides is 1. The van der Waals surface area contributed by atoms with Crippen molar-refractivity contribution >= 4 is 33.1 Å². The van der Waals surface area contributed by atoms with E-state index in [1.54, 1.807) is 17.4 Å². The van der Waals surface area contributed by atoms with Gasteiger partial charge in [0.15, 0.2) is 0 Å². The monoisotopic (exact) mass is 409 g/mol. The number of benzene rings is 2. The Kier molecular flexibility index (Phi) is 4.96. The van der Waals surface area contributed by atoms with Crippen LogP contribution in [-0.4, -0.2) is 41.5 Å². The van der Waals surface area contributed by atoms with Gasteiger partial charge in [0.2, 0.25) is 5.91 Å². The van der Waals surface area contributed by atoms with Gasteiger partial charge in [-0.3, -0.25) is 4.79 Å². The second-order valence-corrected chi connectivity index (χ2v) is 8.88. The molecule has 0 radical (unpaired) electrons. The minimum atomic E-state index is -0.181. The minimum absolute atomic E-state index is 0.0984. The summed E-state index contributed by atoms with van der Waals surface area (Å²) < 4.78 is 15.4. The van der Waals surface area contributed by atoms with E-state index < -0.39 is 0 Å². The topological polar surface area (TPSA) is 36.4 Å². The highest BCUT2D eigenvalue weighted by atomic mass is 32.1. The van der Waals surface area contributed by atoms with Crippen LogP contribution in [-0.2, 0) is 11.2 Å². The Morgan fingerprint density at radius 1 is 1.14 bits per heavy atom. The summed E-state index contributed by atoms with van der Waals surface area (Å²) in [7, 11) is 0. The Morgan fingerprint density at radius 3 is 2.93 bits per heavy atom. The number of carbonyl (C=O) groups is 1. The molecule has 2 aromatic carbocycles. The maximum absolute atomic E-state index is 14.2. The number of aromatic nitrogens is 1. The van der Waals surface area contributed by atoms with Gasteiger partial charge in [0.25, 0.3) is 0 Å². The smallest absolute Gasteiger partial charge is 0.226 e. The van der Waals surface area contributed by atoms with Crippen LogP contribution in [0.3, 0.4) is 0 Å². The molecule has 0 N–H and O–H groups in total. The predicted octanol–water partition coefficient (Wildman–Crippen LogP) is 4.50. The first-order valence-corrected chi connectivity index (χ1v) is 11.2. The number of para-hydroxylation sites is 1. The third-order valence-electron chi connectivity index (χ3n) is 6.30. The second kappa shape index (κ2) is 7.75. The zero-order valence-electron chi connectivity index (χ0n) is 16.3. The van der Waals surface area contributed by atoms with Crippen LogP contribution in [0.4, 0.5) is 10.1 Å². The standard InChI is InChI=1S/C23H24FN3OS/c24-19-8-1-2-10-21(19)26-11-12-27-18(14-26)13-17(23(27)28)7-3-5-16-6-4-9-20-22(16)29-15-25-20/h1-2,4,6,8-10,15,17-18H,3,5,7,11-14H2/t17-,18-/m1/s1. The molecule has 2 saturated heterocycles. The third kappa shape index (κ3) is 3.50. The number of halogens is 1. The summed E-state index contributed by atoms with van der Waals surface area (Å²) >= 11 is 1.69. The van der Waals surface area contributed by atoms with Gasteiger partial charge < -0.3 is 9.80 Å². The first-order valence-electron chi connectivity index (χ1n) is 10.3. The summed E-state index contributed by atoms with van der Waals surface area (Å²) in [5, 5.41) is 0. The van der Waals surface area contributed by atoms with Gasteiger partial charge in [-0.2, -0.15) is 0 Å². The minimum Gasteiger partial charge on any atom is -0.365 e. The molecule has 29 heavy (non-hydrogen) atoms. The molecule has 0 unspecified atom stereocenters. The van der Waals surface area contributed by atoms with E-state index in [0.29, 0.717) is 24.7 Å². The van der Waals surface area contributed by atoms with Gasteiger partial charge in [-0.15, -0.1) is 11.3 Å². The Labute approximate surface area is 174 Å². The summed E-state index contributed by atoms with van der Waals surface area (Å²) in [6, 6.07) is 13.4. The van der Waals surface area contributed by atoms with Gasteiger partial charge in [-0.05, 0) is 49.4 Å². The van der Waals surface area contributed by atoms with Crippen molar-refractivity contribution in [1.29, 1.82) is 0 Å². The van der Waals surface area contributed by atoms with E-state index in [9.17, 15) is 9.18 Å². The van der Waals surface area contributed by atoms with Crippen molar-refractivity contribution < 1.29 is 9.18 Å². The Balaban J connectivity index is 1.21. The predicted molar refractivity (Wildman–Crippen MR) is 115 cm³/mol. The van der Waals surface area contributed by atoms with E-state index in [-0.39, 0.29) is 17.8 Å². The van der Waals surface area contributed by atoms with Crippen LogP contribution in [0.1, 0.15) is 24.8 Å². The number of hydrogen-bond donors (Lipinski definition) is 0. The number of thiazole rings is 1. The van der Waals surface area contributed by atoms with Gasteiger partial charge in [0.1, 0.15) is 5.82 Å². The van der Waals surface area contributed by atoms with E-state index in [4.69, 9.17) is 0 Å². The maximum atomic E-state index is 14.2. The zero-order valence-corrected chi connectivity index (χ0v) is 17.1. The van der Waals surface area contributed by atoms with Crippen molar-refractivity contribution in [2.24, 2.45) is 5.92 Å². The van der Waals surface area contributed by atoms with E-state index >= 15 is 0 Å². The molecule has 3 heterocycles. The highest BCUT2D eigenvalue weighted by Gasteiger charge is 2.42. The molecule has 2 atom stereocenters. The Hall–Kier alpha value is -2.47. The van der Waals surface area contributed by atoms with E-state index in [1.807, 2.05) is 22.5 Å². The van der Waals surface area contributed by atoms with Crippen LogP contribution in [0.15, 0.2) is 48.0 Å². The molecule has 0 spiro atoms. The van der Waals surface area contributed by atoms with Gasteiger partial charge >= 0.3 is 0 Å². The first-order chi connectivity index (χ1) is 14.2. The number of fused-ring (bicyclic) bond motifs is 2. The van der Waals surface area contributed by atoms with Crippen molar-refractivity contribution in [3.63, 3.8) is 0 Å². The normalized spacial score (nSPS) is 21.8. The fourth-order valence-electron chi connectivity index (χ4n) is 4.86. The van der Waals surface area contributed by atoms with E-state index in [1.165, 1.54) is 16.3 Å². The molecule has 3 aromatic rings. The van der Waals surface area contributed by atoms with Gasteiger partial charge in [0.05, 0.1) is 27.5 Å². The molecule has 0 bridgehead atoms. The van der Waals surface area contributed by atoms with Crippen LogP contribution in [0.5, 0.6) is 0 Å². The molecule has 6 heteroatoms. The number of hydrogen-bond acceptors (Lipinski definition) is 4. The summed E-state index contributed by atoms with van der Waals surface area (Å²) in [4.78, 5) is 21.4. The maximum Gasteiger partial charge on any atom is 0.226 e.